The van der Waals surface area contributed by atoms with Crippen LogP contribution in [-0.4, -0.2) is 41.3 Å². The molecule has 1 aromatic rings. The van der Waals surface area contributed by atoms with Crippen molar-refractivity contribution in [2.45, 2.75) is 38.3 Å². The average molecular weight is 308 g/mol. The van der Waals surface area contributed by atoms with Crippen molar-refractivity contribution in [3.63, 3.8) is 0 Å². The van der Waals surface area contributed by atoms with Crippen LogP contribution in [0.2, 0.25) is 0 Å². The molecule has 0 amide bonds. The monoisotopic (exact) mass is 308 g/mol. The highest BCUT2D eigenvalue weighted by atomic mass is 32.1. The summed E-state index contributed by atoms with van der Waals surface area (Å²) in [6.07, 6.45) is 5.01. The first-order chi connectivity index (χ1) is 10.2. The number of rotatable bonds is 7. The van der Waals surface area contributed by atoms with Gasteiger partial charge in [0, 0.05) is 19.1 Å². The predicted octanol–water partition coefficient (Wildman–Crippen LogP) is 2.07. The molecule has 4 nitrogen and oxygen atoms in total. The van der Waals surface area contributed by atoms with E-state index in [0.717, 1.165) is 17.7 Å². The quantitative estimate of drug-likeness (QED) is 0.755. The minimum Gasteiger partial charge on any atom is -0.496 e. The number of thiocarbonyl (C=S) groups is 1. The lowest BCUT2D eigenvalue weighted by molar-refractivity contribution is 0.145. The van der Waals surface area contributed by atoms with E-state index in [4.69, 9.17) is 22.7 Å². The Bertz CT molecular complexity index is 487. The lowest BCUT2D eigenvalue weighted by atomic mass is 10.1. The maximum Gasteiger partial charge on any atom is 0.129 e. The summed E-state index contributed by atoms with van der Waals surface area (Å²) < 4.78 is 5.29. The van der Waals surface area contributed by atoms with Crippen LogP contribution in [0.15, 0.2) is 18.2 Å². The highest BCUT2D eigenvalue weighted by Gasteiger charge is 2.22. The summed E-state index contributed by atoms with van der Waals surface area (Å²) in [6, 6.07) is 6.53. The number of hydrogen-bond acceptors (Lipinski definition) is 4. The number of benzene rings is 1. The second-order valence-corrected chi connectivity index (χ2v) is 5.97. The first-order valence-electron chi connectivity index (χ1n) is 7.47. The second kappa shape index (κ2) is 7.73. The van der Waals surface area contributed by atoms with Crippen molar-refractivity contribution >= 4 is 17.2 Å². The number of aliphatic hydroxyl groups excluding tert-OH is 1. The molecule has 21 heavy (non-hydrogen) atoms. The van der Waals surface area contributed by atoms with Crippen molar-refractivity contribution in [3.8, 4) is 5.75 Å². The normalized spacial score (nSPS) is 15.6. The van der Waals surface area contributed by atoms with Crippen LogP contribution in [0.5, 0.6) is 5.75 Å². The van der Waals surface area contributed by atoms with E-state index >= 15 is 0 Å². The molecule has 5 heteroatoms. The molecule has 1 fully saturated rings. The lowest BCUT2D eigenvalue weighted by Crippen LogP contribution is -2.35. The fourth-order valence-corrected chi connectivity index (χ4v) is 3.23. The van der Waals surface area contributed by atoms with Gasteiger partial charge in [-0.3, -0.25) is 4.90 Å². The molecule has 1 aliphatic carbocycles. The van der Waals surface area contributed by atoms with Crippen molar-refractivity contribution in [2.75, 3.05) is 20.3 Å². The van der Waals surface area contributed by atoms with E-state index in [1.807, 2.05) is 18.2 Å². The van der Waals surface area contributed by atoms with E-state index in [-0.39, 0.29) is 6.61 Å². The van der Waals surface area contributed by atoms with Crippen LogP contribution < -0.4 is 10.5 Å². The minimum absolute atomic E-state index is 0.189. The molecule has 0 heterocycles. The molecule has 2 rings (SSSR count). The lowest BCUT2D eigenvalue weighted by Gasteiger charge is -2.28. The van der Waals surface area contributed by atoms with Crippen LogP contribution in [0.4, 0.5) is 0 Å². The fraction of sp³-hybridized carbons (Fsp3) is 0.562. The molecule has 0 spiro atoms. The molecule has 0 saturated heterocycles. The molecule has 1 saturated carbocycles. The van der Waals surface area contributed by atoms with Crippen LogP contribution in [-0.2, 0) is 6.54 Å². The van der Waals surface area contributed by atoms with Crippen molar-refractivity contribution in [2.24, 2.45) is 5.73 Å². The minimum atomic E-state index is 0.189. The van der Waals surface area contributed by atoms with Gasteiger partial charge >= 0.3 is 0 Å². The number of nitrogens with zero attached hydrogens (tertiary/aromatic N) is 1. The number of nitrogens with two attached hydrogens (primary N) is 1. The average Bonchev–Trinajstić information content (AvgIpc) is 3.00. The first-order valence-corrected chi connectivity index (χ1v) is 7.88. The van der Waals surface area contributed by atoms with Gasteiger partial charge in [0.15, 0.2) is 0 Å². The summed E-state index contributed by atoms with van der Waals surface area (Å²) >= 11 is 5.09. The smallest absolute Gasteiger partial charge is 0.129 e. The van der Waals surface area contributed by atoms with Crippen molar-refractivity contribution < 1.29 is 9.84 Å². The van der Waals surface area contributed by atoms with E-state index < -0.39 is 0 Å². The fourth-order valence-electron chi connectivity index (χ4n) is 3.07. The van der Waals surface area contributed by atoms with Crippen molar-refractivity contribution in [3.05, 3.63) is 29.3 Å². The van der Waals surface area contributed by atoms with Crippen molar-refractivity contribution in [1.82, 2.24) is 4.90 Å². The van der Waals surface area contributed by atoms with Crippen molar-refractivity contribution in [1.29, 1.82) is 0 Å². The van der Waals surface area contributed by atoms with Gasteiger partial charge in [-0.1, -0.05) is 31.1 Å². The van der Waals surface area contributed by atoms with Crippen LogP contribution in [0.25, 0.3) is 0 Å². The van der Waals surface area contributed by atoms with Gasteiger partial charge in [-0.25, -0.2) is 0 Å². The largest absolute Gasteiger partial charge is 0.496 e. The summed E-state index contributed by atoms with van der Waals surface area (Å²) in [6.45, 7) is 1.71. The molecular weight excluding hydrogens is 284 g/mol. The van der Waals surface area contributed by atoms with E-state index in [2.05, 4.69) is 4.90 Å². The zero-order valence-electron chi connectivity index (χ0n) is 12.5. The van der Waals surface area contributed by atoms with Gasteiger partial charge in [0.05, 0.1) is 19.3 Å². The summed E-state index contributed by atoms with van der Waals surface area (Å²) in [4.78, 5) is 2.71. The van der Waals surface area contributed by atoms with E-state index in [9.17, 15) is 5.11 Å². The molecule has 116 valence electrons. The third-order valence-corrected chi connectivity index (χ3v) is 4.36. The zero-order chi connectivity index (χ0) is 15.2. The second-order valence-electron chi connectivity index (χ2n) is 5.53. The Labute approximate surface area is 131 Å². The molecule has 0 radical (unpaired) electrons. The maximum atomic E-state index is 9.30. The third-order valence-electron chi connectivity index (χ3n) is 4.14. The SMILES string of the molecule is COc1ccc(CN(CCO)C2CCCC2)cc1C(N)=S. The van der Waals surface area contributed by atoms with Crippen LogP contribution in [0.3, 0.4) is 0 Å². The Morgan fingerprint density at radius 1 is 1.43 bits per heavy atom. The number of ether oxygens (including phenoxy) is 1. The highest BCUT2D eigenvalue weighted by Crippen LogP contribution is 2.26. The van der Waals surface area contributed by atoms with Gasteiger partial charge in [0.2, 0.25) is 0 Å². The Morgan fingerprint density at radius 2 is 2.14 bits per heavy atom. The predicted molar refractivity (Wildman–Crippen MR) is 88.6 cm³/mol. The van der Waals surface area contributed by atoms with E-state index in [1.165, 1.54) is 25.7 Å². The topological polar surface area (TPSA) is 58.7 Å². The number of aliphatic hydroxyl groups is 1. The third kappa shape index (κ3) is 4.15. The zero-order valence-corrected chi connectivity index (χ0v) is 13.4. The summed E-state index contributed by atoms with van der Waals surface area (Å²) in [5.74, 6) is 0.709. The maximum absolute atomic E-state index is 9.30. The standard InChI is InChI=1S/C16H24N2O2S/c1-20-15-7-6-12(10-14(15)16(17)21)11-18(8-9-19)13-4-2-3-5-13/h6-7,10,13,19H,2-5,8-9,11H2,1H3,(H2,17,21). The van der Waals surface area contributed by atoms with Crippen LogP contribution in [0, 0.1) is 0 Å². The molecular formula is C16H24N2O2S. The van der Waals surface area contributed by atoms with E-state index in [1.54, 1.807) is 7.11 Å². The van der Waals surface area contributed by atoms with Crippen LogP contribution in [0.1, 0.15) is 36.8 Å². The molecule has 1 aromatic carbocycles. The van der Waals surface area contributed by atoms with Gasteiger partial charge in [0.1, 0.15) is 10.7 Å². The molecule has 0 unspecified atom stereocenters. The highest BCUT2D eigenvalue weighted by molar-refractivity contribution is 7.80. The molecule has 1 aliphatic rings. The Kier molecular flexibility index (Phi) is 5.96. The summed E-state index contributed by atoms with van der Waals surface area (Å²) in [7, 11) is 1.62. The Morgan fingerprint density at radius 3 is 2.71 bits per heavy atom. The first kappa shape index (κ1) is 16.2. The van der Waals surface area contributed by atoms with Gasteiger partial charge in [-0.05, 0) is 30.5 Å². The molecule has 0 atom stereocenters. The van der Waals surface area contributed by atoms with Gasteiger partial charge < -0.3 is 15.6 Å². The Hall–Kier alpha value is -1.17. The van der Waals surface area contributed by atoms with Gasteiger partial charge in [-0.2, -0.15) is 0 Å². The molecule has 0 bridgehead atoms. The van der Waals surface area contributed by atoms with Gasteiger partial charge in [0.25, 0.3) is 0 Å². The molecule has 3 N–H and O–H groups in total. The number of methoxy groups -OCH3 is 1. The van der Waals surface area contributed by atoms with E-state index in [0.29, 0.717) is 23.3 Å². The van der Waals surface area contributed by atoms with Gasteiger partial charge in [-0.15, -0.1) is 0 Å². The Balaban J connectivity index is 2.16. The molecule has 0 aliphatic heterocycles. The summed E-state index contributed by atoms with van der Waals surface area (Å²) in [5.41, 5.74) is 7.70. The molecule has 0 aromatic heterocycles. The summed E-state index contributed by atoms with van der Waals surface area (Å²) in [5, 5.41) is 9.30. The van der Waals surface area contributed by atoms with Crippen LogP contribution >= 0.6 is 12.2 Å². The number of hydrogen-bond donors (Lipinski definition) is 2.